The highest BCUT2D eigenvalue weighted by molar-refractivity contribution is 7.12. The number of fused-ring (bicyclic) bond motifs is 1. The molecule has 0 saturated carbocycles. The number of hydrogen-bond donors (Lipinski definition) is 1. The molecule has 0 spiro atoms. The summed E-state index contributed by atoms with van der Waals surface area (Å²) >= 11 is 1.58. The lowest BCUT2D eigenvalue weighted by atomic mass is 10.1. The zero-order chi connectivity index (χ0) is 17.8. The number of thiophene rings is 1. The third-order valence-electron chi connectivity index (χ3n) is 4.29. The normalized spacial score (nSPS) is 15.4. The zero-order valence-corrected chi connectivity index (χ0v) is 15.6. The molecule has 0 aliphatic carbocycles. The highest BCUT2D eigenvalue weighted by atomic mass is 32.1. The van der Waals surface area contributed by atoms with E-state index in [-0.39, 0.29) is 5.91 Å². The van der Waals surface area contributed by atoms with Gasteiger partial charge in [-0.25, -0.2) is 4.99 Å². The Labute approximate surface area is 152 Å². The van der Waals surface area contributed by atoms with Gasteiger partial charge in [0.2, 0.25) is 5.91 Å². The van der Waals surface area contributed by atoms with Gasteiger partial charge < -0.3 is 15.5 Å². The summed E-state index contributed by atoms with van der Waals surface area (Å²) in [4.78, 5) is 22.0. The second-order valence-electron chi connectivity index (χ2n) is 6.49. The lowest BCUT2D eigenvalue weighted by molar-refractivity contribution is -0.118. The van der Waals surface area contributed by atoms with Crippen LogP contribution in [0, 0.1) is 0 Å². The van der Waals surface area contributed by atoms with Crippen molar-refractivity contribution in [3.8, 4) is 0 Å². The molecule has 1 aliphatic rings. The van der Waals surface area contributed by atoms with Gasteiger partial charge in [-0.05, 0) is 62.1 Å². The van der Waals surface area contributed by atoms with E-state index >= 15 is 0 Å². The number of carbonyl (C=O) groups excluding carboxylic acids is 1. The van der Waals surface area contributed by atoms with E-state index in [1.807, 2.05) is 48.6 Å². The number of nitrogens with two attached hydrogens (primary N) is 1. The average Bonchev–Trinajstić information content (AvgIpc) is 3.06. The van der Waals surface area contributed by atoms with E-state index in [1.54, 1.807) is 11.3 Å². The number of benzene rings is 1. The lowest BCUT2D eigenvalue weighted by Gasteiger charge is -2.25. The Balaban J connectivity index is 1.89. The lowest BCUT2D eigenvalue weighted by Crippen LogP contribution is -2.36. The molecule has 132 valence electrons. The number of amides is 1. The van der Waals surface area contributed by atoms with Gasteiger partial charge in [-0.1, -0.05) is 6.07 Å². The van der Waals surface area contributed by atoms with Crippen LogP contribution in [-0.4, -0.2) is 43.8 Å². The van der Waals surface area contributed by atoms with E-state index in [0.29, 0.717) is 18.8 Å². The topological polar surface area (TPSA) is 61.9 Å². The van der Waals surface area contributed by atoms with Crippen LogP contribution in [0.1, 0.15) is 23.3 Å². The maximum absolute atomic E-state index is 12.5. The fraction of sp³-hybridized carbons (Fsp3) is 0.368. The molecular formula is C19H24N4OS. The van der Waals surface area contributed by atoms with Crippen molar-refractivity contribution in [1.82, 2.24) is 4.90 Å². The van der Waals surface area contributed by atoms with Crippen LogP contribution in [0.2, 0.25) is 0 Å². The third kappa shape index (κ3) is 4.27. The minimum Gasteiger partial charge on any atom is -0.383 e. The van der Waals surface area contributed by atoms with Crippen molar-refractivity contribution in [3.05, 3.63) is 46.2 Å². The fourth-order valence-electron chi connectivity index (χ4n) is 2.97. The van der Waals surface area contributed by atoms with Gasteiger partial charge in [-0.15, -0.1) is 11.3 Å². The van der Waals surface area contributed by atoms with E-state index in [1.165, 1.54) is 5.56 Å². The molecule has 0 unspecified atom stereocenters. The maximum Gasteiger partial charge on any atom is 0.227 e. The minimum absolute atomic E-state index is 0.204. The molecule has 1 aliphatic heterocycles. The SMILES string of the molecule is CN(C)CCN1C(=O)CCCc2cc(N=C(N)c3cccs3)ccc21. The number of amidine groups is 1. The molecule has 0 saturated heterocycles. The average molecular weight is 356 g/mol. The molecule has 0 bridgehead atoms. The summed E-state index contributed by atoms with van der Waals surface area (Å²) in [6, 6.07) is 9.95. The van der Waals surface area contributed by atoms with E-state index in [0.717, 1.165) is 35.6 Å². The van der Waals surface area contributed by atoms with Crippen molar-refractivity contribution in [2.24, 2.45) is 10.7 Å². The van der Waals surface area contributed by atoms with Gasteiger partial charge >= 0.3 is 0 Å². The molecule has 3 rings (SSSR count). The van der Waals surface area contributed by atoms with Crippen LogP contribution in [0.4, 0.5) is 11.4 Å². The molecule has 2 heterocycles. The van der Waals surface area contributed by atoms with Crippen LogP contribution in [0.3, 0.4) is 0 Å². The van der Waals surface area contributed by atoms with Crippen LogP contribution >= 0.6 is 11.3 Å². The molecule has 1 aromatic heterocycles. The molecule has 1 amide bonds. The van der Waals surface area contributed by atoms with Crippen LogP contribution in [0.15, 0.2) is 40.7 Å². The first kappa shape index (κ1) is 17.6. The predicted molar refractivity (Wildman–Crippen MR) is 105 cm³/mol. The Hall–Kier alpha value is -2.18. The number of carbonyl (C=O) groups is 1. The molecule has 2 N–H and O–H groups in total. The summed E-state index contributed by atoms with van der Waals surface area (Å²) in [6.45, 7) is 1.55. The van der Waals surface area contributed by atoms with Crippen molar-refractivity contribution in [2.75, 3.05) is 32.1 Å². The summed E-state index contributed by atoms with van der Waals surface area (Å²) in [6.07, 6.45) is 2.36. The van der Waals surface area contributed by atoms with Crippen LogP contribution in [0.5, 0.6) is 0 Å². The van der Waals surface area contributed by atoms with E-state index in [4.69, 9.17) is 5.73 Å². The highest BCUT2D eigenvalue weighted by Gasteiger charge is 2.22. The van der Waals surface area contributed by atoms with Crippen LogP contribution in [-0.2, 0) is 11.2 Å². The van der Waals surface area contributed by atoms with E-state index in [2.05, 4.69) is 16.0 Å². The fourth-order valence-corrected chi connectivity index (χ4v) is 3.60. The Morgan fingerprint density at radius 2 is 2.16 bits per heavy atom. The Morgan fingerprint density at radius 1 is 1.32 bits per heavy atom. The predicted octanol–water partition coefficient (Wildman–Crippen LogP) is 3.02. The van der Waals surface area contributed by atoms with Crippen LogP contribution in [0.25, 0.3) is 0 Å². The number of aryl methyl sites for hydroxylation is 1. The Bertz CT molecular complexity index is 768. The Morgan fingerprint density at radius 3 is 2.88 bits per heavy atom. The molecule has 0 atom stereocenters. The first-order chi connectivity index (χ1) is 12.0. The zero-order valence-electron chi connectivity index (χ0n) is 14.7. The standard InChI is InChI=1S/C19H24N4OS/c1-22(2)10-11-23-16-9-8-15(13-14(16)5-3-7-18(23)24)21-19(20)17-6-4-12-25-17/h4,6,8-9,12-13H,3,5,7,10-11H2,1-2H3,(H2,20,21). The summed E-state index contributed by atoms with van der Waals surface area (Å²) < 4.78 is 0. The first-order valence-electron chi connectivity index (χ1n) is 8.50. The van der Waals surface area contributed by atoms with Gasteiger partial charge in [0.05, 0.1) is 10.6 Å². The molecule has 2 aromatic rings. The highest BCUT2D eigenvalue weighted by Crippen LogP contribution is 2.30. The molecule has 0 fully saturated rings. The second kappa shape index (κ2) is 7.80. The molecule has 1 aromatic carbocycles. The third-order valence-corrected chi connectivity index (χ3v) is 5.18. The van der Waals surface area contributed by atoms with Crippen molar-refractivity contribution >= 4 is 34.5 Å². The van der Waals surface area contributed by atoms with Crippen molar-refractivity contribution in [3.63, 3.8) is 0 Å². The molecule has 6 heteroatoms. The molecule has 5 nitrogen and oxygen atoms in total. The number of hydrogen-bond acceptors (Lipinski definition) is 4. The summed E-state index contributed by atoms with van der Waals surface area (Å²) in [5.41, 5.74) is 9.12. The van der Waals surface area contributed by atoms with Gasteiger partial charge in [0.15, 0.2) is 0 Å². The number of anilines is 1. The quantitative estimate of drug-likeness (QED) is 0.662. The number of nitrogens with zero attached hydrogens (tertiary/aromatic N) is 3. The monoisotopic (exact) mass is 356 g/mol. The molecular weight excluding hydrogens is 332 g/mol. The summed E-state index contributed by atoms with van der Waals surface area (Å²) in [5, 5.41) is 1.99. The van der Waals surface area contributed by atoms with Gasteiger partial charge in [-0.3, -0.25) is 4.79 Å². The van der Waals surface area contributed by atoms with E-state index in [9.17, 15) is 4.79 Å². The molecule has 25 heavy (non-hydrogen) atoms. The van der Waals surface area contributed by atoms with Gasteiger partial charge in [0, 0.05) is 25.2 Å². The first-order valence-corrected chi connectivity index (χ1v) is 9.38. The minimum atomic E-state index is 0.204. The second-order valence-corrected chi connectivity index (χ2v) is 7.44. The smallest absolute Gasteiger partial charge is 0.227 e. The van der Waals surface area contributed by atoms with Gasteiger partial charge in [0.1, 0.15) is 5.84 Å². The van der Waals surface area contributed by atoms with Crippen molar-refractivity contribution in [1.29, 1.82) is 0 Å². The summed E-state index contributed by atoms with van der Waals surface area (Å²) in [7, 11) is 4.04. The van der Waals surface area contributed by atoms with E-state index < -0.39 is 0 Å². The van der Waals surface area contributed by atoms with Crippen LogP contribution < -0.4 is 10.6 Å². The number of aliphatic imine (C=N–C) groups is 1. The van der Waals surface area contributed by atoms with Crippen molar-refractivity contribution < 1.29 is 4.79 Å². The number of rotatable bonds is 5. The molecule has 0 radical (unpaired) electrons. The van der Waals surface area contributed by atoms with Crippen molar-refractivity contribution in [2.45, 2.75) is 19.3 Å². The maximum atomic E-state index is 12.5. The Kier molecular flexibility index (Phi) is 5.50. The largest absolute Gasteiger partial charge is 0.383 e. The van der Waals surface area contributed by atoms with Gasteiger partial charge in [0.25, 0.3) is 0 Å². The summed E-state index contributed by atoms with van der Waals surface area (Å²) in [5.74, 6) is 0.735. The van der Waals surface area contributed by atoms with Gasteiger partial charge in [-0.2, -0.15) is 0 Å². The number of likely N-dealkylation sites (N-methyl/N-ethyl adjacent to an activating group) is 1.